The van der Waals surface area contributed by atoms with Crippen molar-refractivity contribution in [3.63, 3.8) is 0 Å². The molecule has 7 nitrogen and oxygen atoms in total. The van der Waals surface area contributed by atoms with Crippen LogP contribution in [0.4, 0.5) is 25.8 Å². The van der Waals surface area contributed by atoms with E-state index in [9.17, 15) is 23.6 Å². The Morgan fingerprint density at radius 3 is 2.35 bits per heavy atom. The van der Waals surface area contributed by atoms with Crippen LogP contribution in [-0.2, 0) is 14.4 Å². The van der Waals surface area contributed by atoms with Crippen LogP contribution in [0.2, 0.25) is 5.02 Å². The van der Waals surface area contributed by atoms with Crippen LogP contribution in [0.25, 0.3) is 0 Å². The summed E-state index contributed by atoms with van der Waals surface area (Å²) in [5, 5.41) is 7.60. The van der Waals surface area contributed by atoms with Crippen LogP contribution >= 0.6 is 58.0 Å². The van der Waals surface area contributed by atoms with Gasteiger partial charge in [0.25, 0.3) is 5.91 Å². The summed E-state index contributed by atoms with van der Waals surface area (Å²) >= 11 is 31.4. The third-order valence-electron chi connectivity index (χ3n) is 7.24. The Kier molecular flexibility index (Phi) is 8.59. The Bertz CT molecular complexity index is 1670. The summed E-state index contributed by atoms with van der Waals surface area (Å²) in [4.78, 5) is 49.6. The summed E-state index contributed by atoms with van der Waals surface area (Å²) in [5.41, 5.74) is -0.253. The fourth-order valence-corrected chi connectivity index (χ4v) is 6.26. The summed E-state index contributed by atoms with van der Waals surface area (Å²) in [6.07, 6.45) is 3.14. The van der Waals surface area contributed by atoms with Gasteiger partial charge < -0.3 is 16.0 Å². The molecule has 2 fully saturated rings. The van der Waals surface area contributed by atoms with E-state index >= 15 is 4.39 Å². The molecule has 3 N–H and O–H groups in total. The van der Waals surface area contributed by atoms with Crippen LogP contribution in [0, 0.1) is 34.8 Å². The molecule has 0 aromatic heterocycles. The number of hydrogen-bond donors (Lipinski definition) is 3. The second-order valence-electron chi connectivity index (χ2n) is 10.1. The highest BCUT2D eigenvalue weighted by molar-refractivity contribution is 6.53. The van der Waals surface area contributed by atoms with Crippen molar-refractivity contribution in [2.24, 2.45) is 17.8 Å². The molecule has 0 spiro atoms. The Morgan fingerprint density at radius 1 is 1.00 bits per heavy atom. The van der Waals surface area contributed by atoms with E-state index in [0.717, 1.165) is 12.1 Å². The minimum absolute atomic E-state index is 0.0125. The fourth-order valence-electron chi connectivity index (χ4n) is 4.72. The Labute approximate surface area is 269 Å². The third-order valence-corrected chi connectivity index (χ3v) is 9.19. The van der Waals surface area contributed by atoms with Gasteiger partial charge in [0.05, 0.1) is 34.0 Å². The largest absolute Gasteiger partial charge is 0.326 e. The minimum Gasteiger partial charge on any atom is -0.326 e. The molecule has 0 bridgehead atoms. The second kappa shape index (κ2) is 11.8. The number of carbonyl (C=O) groups excluding carboxylic acids is 4. The molecule has 0 radical (unpaired) electrons. The van der Waals surface area contributed by atoms with E-state index in [1.165, 1.54) is 18.2 Å². The average molecular weight is 689 g/mol. The molecule has 1 unspecified atom stereocenters. The zero-order valence-corrected chi connectivity index (χ0v) is 25.5. The lowest BCUT2D eigenvalue weighted by Gasteiger charge is -2.23. The number of benzene rings is 2. The van der Waals surface area contributed by atoms with Crippen molar-refractivity contribution < 1.29 is 28.0 Å². The van der Waals surface area contributed by atoms with E-state index in [2.05, 4.69) is 22.5 Å². The number of anilines is 3. The molecule has 3 aliphatic rings. The molecule has 2 aromatic carbocycles. The normalized spacial score (nSPS) is 21.0. The highest BCUT2D eigenvalue weighted by Gasteiger charge is 2.70. The lowest BCUT2D eigenvalue weighted by Crippen LogP contribution is -2.35. The summed E-state index contributed by atoms with van der Waals surface area (Å²) in [6.45, 7) is 3.76. The SMILES string of the molecule is C=C1C(Cl)=CC(C2[C@H](C(=O)Nc3ccc(Cl)c(C(=O)Nc4ccc(F)c(NC(=O)C5CC(=O)C5)c4F)c3)C2(Cl)Cl)=C[C+]1Cl. The van der Waals surface area contributed by atoms with Crippen molar-refractivity contribution >= 4 is 98.6 Å². The van der Waals surface area contributed by atoms with Crippen LogP contribution < -0.4 is 16.0 Å². The number of allylic oxidation sites excluding steroid dienone is 5. The number of ketones is 1. The van der Waals surface area contributed by atoms with Gasteiger partial charge in [-0.05, 0) is 60.1 Å². The van der Waals surface area contributed by atoms with Crippen LogP contribution in [0.5, 0.6) is 0 Å². The van der Waals surface area contributed by atoms with Gasteiger partial charge in [0.2, 0.25) is 11.8 Å². The van der Waals surface area contributed by atoms with Crippen molar-refractivity contribution in [3.8, 4) is 0 Å². The predicted molar refractivity (Wildman–Crippen MR) is 162 cm³/mol. The first kappa shape index (κ1) is 31.3. The lowest BCUT2D eigenvalue weighted by atomic mass is 9.83. The van der Waals surface area contributed by atoms with E-state index in [1.807, 2.05) is 0 Å². The molecule has 2 saturated carbocycles. The van der Waals surface area contributed by atoms with Gasteiger partial charge in [0.15, 0.2) is 5.82 Å². The van der Waals surface area contributed by atoms with Gasteiger partial charge >= 0.3 is 0 Å². The van der Waals surface area contributed by atoms with Crippen LogP contribution in [0.3, 0.4) is 0 Å². The Morgan fingerprint density at radius 2 is 1.70 bits per heavy atom. The molecule has 0 aliphatic heterocycles. The fraction of sp³-hybridized carbons (Fsp3) is 0.207. The number of Topliss-reactive ketones (excluding diaryl/α,β-unsaturated/α-hetero) is 1. The quantitative estimate of drug-likeness (QED) is 0.207. The molecule has 0 heterocycles. The van der Waals surface area contributed by atoms with Gasteiger partial charge in [0.1, 0.15) is 37.6 Å². The van der Waals surface area contributed by atoms with E-state index in [4.69, 9.17) is 58.0 Å². The van der Waals surface area contributed by atoms with Gasteiger partial charge in [-0.2, -0.15) is 0 Å². The molecule has 2 aromatic rings. The molecule has 0 saturated heterocycles. The second-order valence-corrected chi connectivity index (χ2v) is 12.8. The predicted octanol–water partition coefficient (Wildman–Crippen LogP) is 7.54. The summed E-state index contributed by atoms with van der Waals surface area (Å²) in [7, 11) is 0. The first-order valence-corrected chi connectivity index (χ1v) is 14.5. The van der Waals surface area contributed by atoms with Crippen molar-refractivity contribution in [1.82, 2.24) is 0 Å². The van der Waals surface area contributed by atoms with Crippen molar-refractivity contribution in [3.05, 3.63) is 92.8 Å². The first-order chi connectivity index (χ1) is 20.2. The molecule has 5 rings (SSSR count). The number of carbonyl (C=O) groups is 4. The van der Waals surface area contributed by atoms with Crippen LogP contribution in [-0.4, -0.2) is 27.8 Å². The monoisotopic (exact) mass is 686 g/mol. The maximum atomic E-state index is 15.1. The van der Waals surface area contributed by atoms with E-state index in [1.54, 1.807) is 12.2 Å². The zero-order valence-electron chi connectivity index (χ0n) is 21.7. The number of rotatable bonds is 7. The number of hydrogen-bond acceptors (Lipinski definition) is 4. The molecule has 14 heteroatoms. The standard InChI is InChI=1S/C29H18Cl5F2N3O4/c1-11-18(31)8-12(9-19(11)32)22-23(29(22,33)34)28(43)37-14-2-3-17(30)16(10-14)27(42)38-21-5-4-20(35)25(24(21)36)39-26(41)13-6-15(40)7-13/h2-5,8-10,13,22-23H,1,6-7H2,(H2-,37,38,39,41,42,43)/p+1/t22?,23-/m1/s1. The maximum absolute atomic E-state index is 15.1. The highest BCUT2D eigenvalue weighted by atomic mass is 35.5. The topological polar surface area (TPSA) is 104 Å². The molecular weight excluding hydrogens is 670 g/mol. The number of alkyl halides is 2. The minimum atomic E-state index is -1.46. The number of halogens is 7. The van der Waals surface area contributed by atoms with Gasteiger partial charge in [-0.3, -0.25) is 19.2 Å². The van der Waals surface area contributed by atoms with Gasteiger partial charge in [-0.1, -0.05) is 34.8 Å². The lowest BCUT2D eigenvalue weighted by molar-refractivity contribution is -0.135. The highest BCUT2D eigenvalue weighted by Crippen LogP contribution is 2.64. The zero-order chi connectivity index (χ0) is 31.4. The van der Waals surface area contributed by atoms with Crippen LogP contribution in [0.1, 0.15) is 23.2 Å². The van der Waals surface area contributed by atoms with Crippen molar-refractivity contribution in [1.29, 1.82) is 0 Å². The van der Waals surface area contributed by atoms with E-state index in [0.29, 0.717) is 11.1 Å². The Balaban J connectivity index is 1.30. The number of nitrogens with one attached hydrogen (secondary N) is 3. The summed E-state index contributed by atoms with van der Waals surface area (Å²) < 4.78 is 28.0. The van der Waals surface area contributed by atoms with Crippen molar-refractivity contribution in [2.75, 3.05) is 16.0 Å². The third kappa shape index (κ3) is 6.14. The van der Waals surface area contributed by atoms with Crippen LogP contribution in [0.15, 0.2) is 65.2 Å². The average Bonchev–Trinajstić information content (AvgIpc) is 3.51. The number of amides is 3. The maximum Gasteiger partial charge on any atom is 0.257 e. The molecule has 222 valence electrons. The molecular formula is C29H19Cl5F2N3O4+. The molecule has 43 heavy (non-hydrogen) atoms. The summed E-state index contributed by atoms with van der Waals surface area (Å²) in [5.74, 6) is -6.81. The smallest absolute Gasteiger partial charge is 0.257 e. The molecule has 2 atom stereocenters. The van der Waals surface area contributed by atoms with E-state index in [-0.39, 0.29) is 45.3 Å². The van der Waals surface area contributed by atoms with E-state index < -0.39 is 62.8 Å². The molecule has 3 aliphatic carbocycles. The first-order valence-electron chi connectivity index (χ1n) is 12.6. The van der Waals surface area contributed by atoms with Gasteiger partial charge in [-0.25, -0.2) is 8.78 Å². The molecule has 3 amide bonds. The van der Waals surface area contributed by atoms with Gasteiger partial charge in [-0.15, -0.1) is 0 Å². The summed E-state index contributed by atoms with van der Waals surface area (Å²) in [6, 6.07) is 5.85. The van der Waals surface area contributed by atoms with Gasteiger partial charge in [0, 0.05) is 36.3 Å². The van der Waals surface area contributed by atoms with Crippen molar-refractivity contribution in [2.45, 2.75) is 17.2 Å². The Hall–Kier alpha value is -3.08.